The van der Waals surface area contributed by atoms with Crippen LogP contribution in [-0.4, -0.2) is 24.4 Å². The Hall–Kier alpha value is -0.0200. The average Bonchev–Trinajstić information content (AvgIpc) is 2.24. The highest BCUT2D eigenvalue weighted by Crippen LogP contribution is 2.23. The van der Waals surface area contributed by atoms with Gasteiger partial charge < -0.3 is 5.73 Å². The third-order valence-corrected chi connectivity index (χ3v) is 4.14. The minimum absolute atomic E-state index is 0.581. The van der Waals surface area contributed by atoms with E-state index in [-0.39, 0.29) is 0 Å². The van der Waals surface area contributed by atoms with Crippen LogP contribution >= 0.6 is 11.8 Å². The molecule has 0 aliphatic heterocycles. The van der Waals surface area contributed by atoms with Gasteiger partial charge in [-0.2, -0.15) is 0 Å². The van der Waals surface area contributed by atoms with Crippen molar-refractivity contribution in [3.05, 3.63) is 0 Å². The van der Waals surface area contributed by atoms with Crippen molar-refractivity contribution in [2.75, 3.05) is 19.3 Å². The van der Waals surface area contributed by atoms with E-state index >= 15 is 0 Å². The van der Waals surface area contributed by atoms with Crippen molar-refractivity contribution in [3.8, 4) is 0 Å². The van der Waals surface area contributed by atoms with E-state index in [9.17, 15) is 0 Å². The van der Waals surface area contributed by atoms with Gasteiger partial charge in [-0.1, -0.05) is 33.6 Å². The highest BCUT2D eigenvalue weighted by molar-refractivity contribution is 8.14. The van der Waals surface area contributed by atoms with Crippen LogP contribution in [-0.2, 0) is 0 Å². The quantitative estimate of drug-likeness (QED) is 0.548. The van der Waals surface area contributed by atoms with Crippen molar-refractivity contribution in [2.24, 2.45) is 22.6 Å². The third kappa shape index (κ3) is 5.01. The molecule has 1 unspecified atom stereocenters. The van der Waals surface area contributed by atoms with Gasteiger partial charge in [-0.3, -0.25) is 4.99 Å². The second kappa shape index (κ2) is 8.30. The van der Waals surface area contributed by atoms with Gasteiger partial charge in [0.1, 0.15) is 0 Å². The zero-order valence-electron chi connectivity index (χ0n) is 9.92. The Morgan fingerprint density at radius 1 is 1.36 bits per heavy atom. The summed E-state index contributed by atoms with van der Waals surface area (Å²) in [5.41, 5.74) is 5.57. The summed E-state index contributed by atoms with van der Waals surface area (Å²) in [7, 11) is 1.82. The Morgan fingerprint density at radius 3 is 2.36 bits per heavy atom. The Bertz CT molecular complexity index is 169. The lowest BCUT2D eigenvalue weighted by Gasteiger charge is -2.20. The summed E-state index contributed by atoms with van der Waals surface area (Å²) in [5, 5.41) is 1.08. The zero-order valence-corrected chi connectivity index (χ0v) is 10.7. The van der Waals surface area contributed by atoms with E-state index < -0.39 is 0 Å². The Morgan fingerprint density at radius 2 is 2.00 bits per heavy atom. The van der Waals surface area contributed by atoms with Crippen molar-refractivity contribution in [1.82, 2.24) is 0 Å². The number of hydrogen-bond acceptors (Lipinski definition) is 3. The molecule has 0 aliphatic carbocycles. The van der Waals surface area contributed by atoms with Crippen LogP contribution in [0.4, 0.5) is 0 Å². The molecule has 0 amide bonds. The zero-order chi connectivity index (χ0) is 11.0. The van der Waals surface area contributed by atoms with Crippen LogP contribution in [0.3, 0.4) is 0 Å². The van der Waals surface area contributed by atoms with E-state index in [4.69, 9.17) is 5.73 Å². The normalized spacial score (nSPS) is 16.8. The Kier molecular flexibility index (Phi) is 8.29. The molecular weight excluding hydrogens is 192 g/mol. The fourth-order valence-electron chi connectivity index (χ4n) is 1.44. The molecule has 84 valence electrons. The SMILES string of the molecule is CCC(C)[C@H](CC)CSC(CN)=NC. The first-order chi connectivity index (χ1) is 6.69. The van der Waals surface area contributed by atoms with Crippen LogP contribution in [0.2, 0.25) is 0 Å². The first kappa shape index (κ1) is 14.0. The lowest BCUT2D eigenvalue weighted by atomic mass is 9.91. The van der Waals surface area contributed by atoms with Gasteiger partial charge in [0.2, 0.25) is 0 Å². The minimum atomic E-state index is 0.581. The lowest BCUT2D eigenvalue weighted by molar-refractivity contribution is 0.374. The van der Waals surface area contributed by atoms with Gasteiger partial charge in [0, 0.05) is 19.3 Å². The Labute approximate surface area is 92.7 Å². The molecule has 2 N–H and O–H groups in total. The summed E-state index contributed by atoms with van der Waals surface area (Å²) in [5.74, 6) is 2.77. The minimum Gasteiger partial charge on any atom is -0.325 e. The van der Waals surface area contributed by atoms with Crippen molar-refractivity contribution in [3.63, 3.8) is 0 Å². The molecule has 0 aliphatic rings. The maximum atomic E-state index is 5.57. The van der Waals surface area contributed by atoms with E-state index in [1.165, 1.54) is 12.8 Å². The van der Waals surface area contributed by atoms with Crippen LogP contribution in [0.5, 0.6) is 0 Å². The summed E-state index contributed by atoms with van der Waals surface area (Å²) in [6.45, 7) is 7.44. The topological polar surface area (TPSA) is 38.4 Å². The third-order valence-electron chi connectivity index (χ3n) is 2.86. The highest BCUT2D eigenvalue weighted by Gasteiger charge is 2.14. The van der Waals surface area contributed by atoms with E-state index in [0.717, 1.165) is 22.6 Å². The molecule has 3 heteroatoms. The molecule has 2 atom stereocenters. The van der Waals surface area contributed by atoms with Gasteiger partial charge in [-0.25, -0.2) is 0 Å². The van der Waals surface area contributed by atoms with E-state index in [1.54, 1.807) is 0 Å². The standard InChI is InChI=1S/C11H24N2S/c1-5-9(3)10(6-2)8-14-11(7-12)13-4/h9-10H,5-8,12H2,1-4H3/t9?,10-/m1/s1. The van der Waals surface area contributed by atoms with Crippen LogP contribution in [0.1, 0.15) is 33.6 Å². The fourth-order valence-corrected chi connectivity index (χ4v) is 2.65. The molecule has 0 aromatic rings. The van der Waals surface area contributed by atoms with E-state index in [0.29, 0.717) is 6.54 Å². The summed E-state index contributed by atoms with van der Waals surface area (Å²) in [6, 6.07) is 0. The molecule has 0 saturated carbocycles. The molecule has 0 rings (SSSR count). The maximum Gasteiger partial charge on any atom is 0.0808 e. The van der Waals surface area contributed by atoms with Crippen molar-refractivity contribution >= 4 is 16.8 Å². The van der Waals surface area contributed by atoms with Crippen molar-refractivity contribution in [2.45, 2.75) is 33.6 Å². The monoisotopic (exact) mass is 216 g/mol. The van der Waals surface area contributed by atoms with Gasteiger partial charge in [0.25, 0.3) is 0 Å². The maximum absolute atomic E-state index is 5.57. The van der Waals surface area contributed by atoms with Crippen LogP contribution in [0.25, 0.3) is 0 Å². The number of nitrogens with zero attached hydrogens (tertiary/aromatic N) is 1. The fraction of sp³-hybridized carbons (Fsp3) is 0.909. The molecule has 0 fully saturated rings. The van der Waals surface area contributed by atoms with Crippen molar-refractivity contribution < 1.29 is 0 Å². The van der Waals surface area contributed by atoms with E-state index in [1.807, 2.05) is 18.8 Å². The number of thioether (sulfide) groups is 1. The number of aliphatic imine (C=N–C) groups is 1. The van der Waals surface area contributed by atoms with Crippen LogP contribution < -0.4 is 5.73 Å². The van der Waals surface area contributed by atoms with Gasteiger partial charge in [-0.15, -0.1) is 11.8 Å². The van der Waals surface area contributed by atoms with Crippen LogP contribution in [0.15, 0.2) is 4.99 Å². The highest BCUT2D eigenvalue weighted by atomic mass is 32.2. The molecule has 0 bridgehead atoms. The van der Waals surface area contributed by atoms with Gasteiger partial charge in [0.05, 0.1) is 5.04 Å². The van der Waals surface area contributed by atoms with Gasteiger partial charge in [-0.05, 0) is 11.8 Å². The van der Waals surface area contributed by atoms with Gasteiger partial charge in [0.15, 0.2) is 0 Å². The summed E-state index contributed by atoms with van der Waals surface area (Å²) >= 11 is 1.82. The molecule has 0 aromatic carbocycles. The van der Waals surface area contributed by atoms with Crippen molar-refractivity contribution in [1.29, 1.82) is 0 Å². The summed E-state index contributed by atoms with van der Waals surface area (Å²) in [4.78, 5) is 4.15. The molecular formula is C11H24N2S. The first-order valence-electron chi connectivity index (χ1n) is 5.48. The largest absolute Gasteiger partial charge is 0.325 e. The Balaban J connectivity index is 3.94. The number of nitrogens with two attached hydrogens (primary N) is 1. The van der Waals surface area contributed by atoms with E-state index in [2.05, 4.69) is 25.8 Å². The predicted molar refractivity (Wildman–Crippen MR) is 68.1 cm³/mol. The average molecular weight is 216 g/mol. The van der Waals surface area contributed by atoms with Crippen LogP contribution in [0, 0.1) is 11.8 Å². The molecule has 0 aromatic heterocycles. The number of rotatable bonds is 6. The second-order valence-corrected chi connectivity index (χ2v) is 4.78. The molecule has 2 nitrogen and oxygen atoms in total. The van der Waals surface area contributed by atoms with Gasteiger partial charge >= 0.3 is 0 Å². The molecule has 0 heterocycles. The number of hydrogen-bond donors (Lipinski definition) is 1. The summed E-state index contributed by atoms with van der Waals surface area (Å²) in [6.07, 6.45) is 2.52. The molecule has 14 heavy (non-hydrogen) atoms. The summed E-state index contributed by atoms with van der Waals surface area (Å²) < 4.78 is 0. The molecule has 0 spiro atoms. The first-order valence-corrected chi connectivity index (χ1v) is 6.46. The smallest absolute Gasteiger partial charge is 0.0808 e. The molecule has 0 radical (unpaired) electrons. The molecule has 0 saturated heterocycles. The second-order valence-electron chi connectivity index (χ2n) is 3.69. The lowest BCUT2D eigenvalue weighted by Crippen LogP contribution is -2.17. The predicted octanol–water partition coefficient (Wildman–Crippen LogP) is 2.78.